The van der Waals surface area contributed by atoms with Gasteiger partial charge in [-0.2, -0.15) is 0 Å². The molecule has 2 rings (SSSR count). The summed E-state index contributed by atoms with van der Waals surface area (Å²) < 4.78 is 0.271. The van der Waals surface area contributed by atoms with Gasteiger partial charge in [0.05, 0.1) is 0 Å². The van der Waals surface area contributed by atoms with Crippen LogP contribution in [0.4, 0.5) is 5.69 Å². The lowest BCUT2D eigenvalue weighted by Gasteiger charge is -2.15. The van der Waals surface area contributed by atoms with Gasteiger partial charge in [0.2, 0.25) is 9.47 Å². The third-order valence-corrected chi connectivity index (χ3v) is 3.63. The minimum Gasteiger partial charge on any atom is -0.309 e. The second-order valence-corrected chi connectivity index (χ2v) is 5.30. The van der Waals surface area contributed by atoms with Crippen LogP contribution in [-0.2, 0) is 6.42 Å². The zero-order chi connectivity index (χ0) is 13.1. The molecule has 0 aliphatic heterocycles. The molecule has 0 spiro atoms. The molecule has 1 amide bonds. The van der Waals surface area contributed by atoms with Crippen molar-refractivity contribution in [3.8, 4) is 0 Å². The molecule has 0 unspecified atom stereocenters. The highest BCUT2D eigenvalue weighted by atomic mass is 35.5. The van der Waals surface area contributed by atoms with Crippen molar-refractivity contribution in [3.63, 3.8) is 0 Å². The molecular weight excluding hydrogens is 270 g/mol. The lowest BCUT2D eigenvalue weighted by Crippen LogP contribution is -2.26. The van der Waals surface area contributed by atoms with E-state index in [1.54, 1.807) is 7.05 Å². The number of anilines is 1. The maximum absolute atomic E-state index is 12.1. The fourth-order valence-corrected chi connectivity index (χ4v) is 2.31. The smallest absolute Gasteiger partial charge is 0.289 e. The van der Waals surface area contributed by atoms with Crippen LogP contribution in [0.1, 0.15) is 22.3 Å². The van der Waals surface area contributed by atoms with Crippen molar-refractivity contribution in [3.05, 3.63) is 39.3 Å². The van der Waals surface area contributed by atoms with Crippen LogP contribution in [0.15, 0.2) is 24.3 Å². The Morgan fingerprint density at radius 3 is 2.50 bits per heavy atom. The van der Waals surface area contributed by atoms with Crippen LogP contribution < -0.4 is 4.90 Å². The number of aryl methyl sites for hydroxylation is 1. The number of carbonyl (C=O) groups excluding carboxylic acids is 1. The highest BCUT2D eigenvalue weighted by molar-refractivity contribution is 7.17. The number of hydrogen-bond acceptors (Lipinski definition) is 4. The number of aromatic nitrogens is 2. The highest BCUT2D eigenvalue weighted by Gasteiger charge is 2.17. The van der Waals surface area contributed by atoms with Gasteiger partial charge in [0.1, 0.15) is 0 Å². The SMILES string of the molecule is CCc1ccc(N(C)C(=O)c2nnc(Cl)s2)cc1. The van der Waals surface area contributed by atoms with E-state index in [4.69, 9.17) is 11.6 Å². The zero-order valence-electron chi connectivity index (χ0n) is 10.1. The Labute approximate surface area is 114 Å². The Morgan fingerprint density at radius 2 is 2.00 bits per heavy atom. The van der Waals surface area contributed by atoms with E-state index in [1.807, 2.05) is 24.3 Å². The van der Waals surface area contributed by atoms with Gasteiger partial charge in [-0.1, -0.05) is 30.4 Å². The zero-order valence-corrected chi connectivity index (χ0v) is 11.6. The van der Waals surface area contributed by atoms with Crippen molar-refractivity contribution in [2.75, 3.05) is 11.9 Å². The van der Waals surface area contributed by atoms with Gasteiger partial charge < -0.3 is 4.90 Å². The average molecular weight is 282 g/mol. The van der Waals surface area contributed by atoms with E-state index in [9.17, 15) is 4.79 Å². The topological polar surface area (TPSA) is 46.1 Å². The van der Waals surface area contributed by atoms with Crippen molar-refractivity contribution in [1.29, 1.82) is 0 Å². The van der Waals surface area contributed by atoms with Gasteiger partial charge in [-0.3, -0.25) is 4.79 Å². The molecule has 0 saturated carbocycles. The molecule has 1 aromatic carbocycles. The molecular formula is C12H12ClN3OS. The van der Waals surface area contributed by atoms with Gasteiger partial charge in [0.15, 0.2) is 0 Å². The number of hydrogen-bond donors (Lipinski definition) is 0. The van der Waals surface area contributed by atoms with Gasteiger partial charge in [-0.25, -0.2) is 0 Å². The molecule has 0 N–H and O–H groups in total. The molecule has 0 aliphatic carbocycles. The molecule has 2 aromatic rings. The largest absolute Gasteiger partial charge is 0.309 e. The molecule has 18 heavy (non-hydrogen) atoms. The van der Waals surface area contributed by atoms with E-state index in [0.717, 1.165) is 23.4 Å². The summed E-state index contributed by atoms with van der Waals surface area (Å²) in [6.45, 7) is 2.09. The van der Waals surface area contributed by atoms with Crippen LogP contribution in [0.5, 0.6) is 0 Å². The minimum absolute atomic E-state index is 0.205. The number of carbonyl (C=O) groups is 1. The van der Waals surface area contributed by atoms with Crippen molar-refractivity contribution in [2.45, 2.75) is 13.3 Å². The molecule has 94 valence electrons. The molecule has 1 aromatic heterocycles. The normalized spacial score (nSPS) is 10.4. The number of benzene rings is 1. The second-order valence-electron chi connectivity index (χ2n) is 3.74. The summed E-state index contributed by atoms with van der Waals surface area (Å²) in [7, 11) is 1.71. The van der Waals surface area contributed by atoms with E-state index in [2.05, 4.69) is 17.1 Å². The van der Waals surface area contributed by atoms with Crippen LogP contribution >= 0.6 is 22.9 Å². The summed E-state index contributed by atoms with van der Waals surface area (Å²) >= 11 is 6.75. The summed E-state index contributed by atoms with van der Waals surface area (Å²) in [6.07, 6.45) is 0.976. The van der Waals surface area contributed by atoms with Crippen molar-refractivity contribution in [2.24, 2.45) is 0 Å². The standard InChI is InChI=1S/C12H12ClN3OS/c1-3-8-4-6-9(7-5-8)16(2)11(17)10-14-15-12(13)18-10/h4-7H,3H2,1-2H3. The summed E-state index contributed by atoms with van der Waals surface area (Å²) in [6, 6.07) is 7.84. The van der Waals surface area contributed by atoms with Crippen LogP contribution in [0, 0.1) is 0 Å². The third-order valence-electron chi connectivity index (χ3n) is 2.62. The van der Waals surface area contributed by atoms with E-state index in [0.29, 0.717) is 5.01 Å². The molecule has 0 bridgehead atoms. The lowest BCUT2D eigenvalue weighted by molar-refractivity contribution is 0.0992. The molecule has 0 radical (unpaired) electrons. The number of amides is 1. The average Bonchev–Trinajstić information content (AvgIpc) is 2.84. The summed E-state index contributed by atoms with van der Waals surface area (Å²) in [4.78, 5) is 13.6. The quantitative estimate of drug-likeness (QED) is 0.869. The maximum Gasteiger partial charge on any atom is 0.289 e. The Kier molecular flexibility index (Phi) is 3.93. The minimum atomic E-state index is -0.205. The number of nitrogens with zero attached hydrogens (tertiary/aromatic N) is 3. The van der Waals surface area contributed by atoms with E-state index in [1.165, 1.54) is 10.5 Å². The predicted octanol–water partition coefficient (Wildman–Crippen LogP) is 3.03. The first-order valence-corrected chi connectivity index (χ1v) is 6.67. The molecule has 0 aliphatic rings. The van der Waals surface area contributed by atoms with Crippen molar-refractivity contribution in [1.82, 2.24) is 10.2 Å². The second kappa shape index (κ2) is 5.46. The Balaban J connectivity index is 2.19. The Hall–Kier alpha value is -1.46. The van der Waals surface area contributed by atoms with Gasteiger partial charge in [0.25, 0.3) is 5.91 Å². The molecule has 0 saturated heterocycles. The fraction of sp³-hybridized carbons (Fsp3) is 0.250. The van der Waals surface area contributed by atoms with Gasteiger partial charge in [0, 0.05) is 12.7 Å². The molecule has 4 nitrogen and oxygen atoms in total. The molecule has 0 fully saturated rings. The monoisotopic (exact) mass is 281 g/mol. The Bertz CT molecular complexity index is 553. The molecule has 1 heterocycles. The molecule has 6 heteroatoms. The fourth-order valence-electron chi connectivity index (χ4n) is 1.51. The van der Waals surface area contributed by atoms with E-state index >= 15 is 0 Å². The van der Waals surface area contributed by atoms with Crippen LogP contribution in [0.25, 0.3) is 0 Å². The first-order valence-electron chi connectivity index (χ1n) is 5.48. The summed E-state index contributed by atoms with van der Waals surface area (Å²) in [5.41, 5.74) is 2.06. The Morgan fingerprint density at radius 1 is 1.33 bits per heavy atom. The van der Waals surface area contributed by atoms with Gasteiger partial charge in [-0.15, -0.1) is 10.2 Å². The maximum atomic E-state index is 12.1. The van der Waals surface area contributed by atoms with Gasteiger partial charge >= 0.3 is 0 Å². The van der Waals surface area contributed by atoms with Crippen LogP contribution in [0.2, 0.25) is 4.47 Å². The predicted molar refractivity (Wildman–Crippen MR) is 73.5 cm³/mol. The summed E-state index contributed by atoms with van der Waals surface area (Å²) in [5, 5.41) is 7.66. The van der Waals surface area contributed by atoms with Crippen molar-refractivity contribution < 1.29 is 4.79 Å². The first-order chi connectivity index (χ1) is 8.61. The van der Waals surface area contributed by atoms with Crippen molar-refractivity contribution >= 4 is 34.5 Å². The van der Waals surface area contributed by atoms with Crippen LogP contribution in [-0.4, -0.2) is 23.2 Å². The number of halogens is 1. The van der Waals surface area contributed by atoms with E-state index in [-0.39, 0.29) is 10.4 Å². The highest BCUT2D eigenvalue weighted by Crippen LogP contribution is 2.20. The lowest BCUT2D eigenvalue weighted by atomic mass is 10.1. The van der Waals surface area contributed by atoms with Crippen LogP contribution in [0.3, 0.4) is 0 Å². The third kappa shape index (κ3) is 2.68. The van der Waals surface area contributed by atoms with Gasteiger partial charge in [-0.05, 0) is 35.7 Å². The summed E-state index contributed by atoms with van der Waals surface area (Å²) in [5.74, 6) is -0.205. The number of rotatable bonds is 3. The van der Waals surface area contributed by atoms with E-state index < -0.39 is 0 Å². The molecule has 0 atom stereocenters. The first kappa shape index (κ1) is 13.0.